The summed E-state index contributed by atoms with van der Waals surface area (Å²) in [6, 6.07) is 0. The minimum absolute atomic E-state index is 0.0746. The SMILES string of the molecule is Cc1ncsc1C(=O)Nc1c[nH]c(C)c1C(=O)O. The van der Waals surface area contributed by atoms with Crippen molar-refractivity contribution in [2.24, 2.45) is 0 Å². The second-order valence-corrected chi connectivity index (χ2v) is 4.58. The highest BCUT2D eigenvalue weighted by atomic mass is 32.1. The number of aromatic amines is 1. The molecule has 0 unspecified atom stereocenters. The zero-order valence-corrected chi connectivity index (χ0v) is 10.6. The van der Waals surface area contributed by atoms with Gasteiger partial charge in [0.2, 0.25) is 0 Å². The van der Waals surface area contributed by atoms with E-state index in [1.165, 1.54) is 17.5 Å². The normalized spacial score (nSPS) is 10.3. The maximum atomic E-state index is 11.9. The predicted octanol–water partition coefficient (Wildman–Crippen LogP) is 2.04. The molecule has 0 aromatic carbocycles. The van der Waals surface area contributed by atoms with E-state index in [0.29, 0.717) is 16.3 Å². The number of anilines is 1. The molecule has 94 valence electrons. The Morgan fingerprint density at radius 3 is 2.72 bits per heavy atom. The molecule has 0 saturated carbocycles. The fraction of sp³-hybridized carbons (Fsp3) is 0.182. The first kappa shape index (κ1) is 12.3. The van der Waals surface area contributed by atoms with E-state index in [0.717, 1.165) is 0 Å². The van der Waals surface area contributed by atoms with E-state index in [9.17, 15) is 9.59 Å². The van der Waals surface area contributed by atoms with E-state index in [4.69, 9.17) is 5.11 Å². The van der Waals surface area contributed by atoms with Crippen LogP contribution >= 0.6 is 11.3 Å². The Bertz CT molecular complexity index is 615. The summed E-state index contributed by atoms with van der Waals surface area (Å²) in [5.74, 6) is -1.43. The Kier molecular flexibility index (Phi) is 3.15. The second-order valence-electron chi connectivity index (χ2n) is 3.73. The van der Waals surface area contributed by atoms with Crippen molar-refractivity contribution in [1.82, 2.24) is 9.97 Å². The van der Waals surface area contributed by atoms with Crippen LogP contribution in [0.25, 0.3) is 0 Å². The number of nitrogens with one attached hydrogen (secondary N) is 2. The van der Waals surface area contributed by atoms with Gasteiger partial charge in [-0.1, -0.05) is 0 Å². The second kappa shape index (κ2) is 4.61. The number of aromatic carboxylic acids is 1. The molecule has 2 heterocycles. The third kappa shape index (κ3) is 2.12. The number of carbonyl (C=O) groups excluding carboxylic acids is 1. The highest BCUT2D eigenvalue weighted by molar-refractivity contribution is 7.12. The number of amides is 1. The summed E-state index contributed by atoms with van der Waals surface area (Å²) in [7, 11) is 0. The first-order valence-corrected chi connectivity index (χ1v) is 6.01. The zero-order chi connectivity index (χ0) is 13.3. The van der Waals surface area contributed by atoms with Crippen molar-refractivity contribution in [2.75, 3.05) is 5.32 Å². The quantitative estimate of drug-likeness (QED) is 0.791. The average Bonchev–Trinajstić information content (AvgIpc) is 2.85. The molecule has 2 aromatic rings. The van der Waals surface area contributed by atoms with Crippen LogP contribution in [0.15, 0.2) is 11.7 Å². The van der Waals surface area contributed by atoms with E-state index < -0.39 is 5.97 Å². The summed E-state index contributed by atoms with van der Waals surface area (Å²) in [5, 5.41) is 11.6. The number of carboxylic acid groups (broad SMARTS) is 1. The van der Waals surface area contributed by atoms with Crippen LogP contribution in [0.5, 0.6) is 0 Å². The van der Waals surface area contributed by atoms with E-state index >= 15 is 0 Å². The first-order chi connectivity index (χ1) is 8.50. The highest BCUT2D eigenvalue weighted by Crippen LogP contribution is 2.21. The molecule has 3 N–H and O–H groups in total. The lowest BCUT2D eigenvalue weighted by Crippen LogP contribution is -2.13. The molecule has 2 aromatic heterocycles. The number of H-pyrrole nitrogens is 1. The number of rotatable bonds is 3. The maximum Gasteiger partial charge on any atom is 0.339 e. The van der Waals surface area contributed by atoms with Crippen LogP contribution in [0.4, 0.5) is 5.69 Å². The van der Waals surface area contributed by atoms with Gasteiger partial charge >= 0.3 is 5.97 Å². The van der Waals surface area contributed by atoms with Crippen molar-refractivity contribution < 1.29 is 14.7 Å². The topological polar surface area (TPSA) is 95.1 Å². The van der Waals surface area contributed by atoms with Crippen molar-refractivity contribution in [3.63, 3.8) is 0 Å². The number of nitrogens with zero attached hydrogens (tertiary/aromatic N) is 1. The van der Waals surface area contributed by atoms with Gasteiger partial charge in [0, 0.05) is 11.9 Å². The molecule has 0 saturated heterocycles. The third-order valence-electron chi connectivity index (χ3n) is 2.49. The van der Waals surface area contributed by atoms with E-state index in [-0.39, 0.29) is 17.2 Å². The largest absolute Gasteiger partial charge is 0.478 e. The van der Waals surface area contributed by atoms with Crippen molar-refractivity contribution in [1.29, 1.82) is 0 Å². The zero-order valence-electron chi connectivity index (χ0n) is 9.77. The van der Waals surface area contributed by atoms with Gasteiger partial charge in [-0.2, -0.15) is 0 Å². The molecule has 7 heteroatoms. The lowest BCUT2D eigenvalue weighted by atomic mass is 10.2. The van der Waals surface area contributed by atoms with Crippen LogP contribution in [-0.4, -0.2) is 27.0 Å². The fourth-order valence-electron chi connectivity index (χ4n) is 1.60. The third-order valence-corrected chi connectivity index (χ3v) is 3.42. The van der Waals surface area contributed by atoms with Crippen molar-refractivity contribution in [3.8, 4) is 0 Å². The molecule has 1 amide bonds. The minimum atomic E-state index is -1.08. The van der Waals surface area contributed by atoms with Crippen LogP contribution in [0.1, 0.15) is 31.4 Å². The first-order valence-electron chi connectivity index (χ1n) is 5.13. The summed E-state index contributed by atoms with van der Waals surface area (Å²) < 4.78 is 0. The van der Waals surface area contributed by atoms with Gasteiger partial charge in [-0.05, 0) is 13.8 Å². The fourth-order valence-corrected chi connectivity index (χ4v) is 2.30. The van der Waals surface area contributed by atoms with Gasteiger partial charge in [0.15, 0.2) is 0 Å². The average molecular weight is 265 g/mol. The summed E-state index contributed by atoms with van der Waals surface area (Å²) in [6.45, 7) is 3.36. The molecule has 0 aliphatic rings. The molecule has 0 atom stereocenters. The number of carbonyl (C=O) groups is 2. The molecule has 0 aliphatic carbocycles. The number of aromatic nitrogens is 2. The van der Waals surface area contributed by atoms with Crippen LogP contribution in [0.3, 0.4) is 0 Å². The Morgan fingerprint density at radius 2 is 2.17 bits per heavy atom. The minimum Gasteiger partial charge on any atom is -0.478 e. The number of hydrogen-bond acceptors (Lipinski definition) is 4. The van der Waals surface area contributed by atoms with Crippen LogP contribution in [-0.2, 0) is 0 Å². The lowest BCUT2D eigenvalue weighted by Gasteiger charge is -2.03. The Hall–Kier alpha value is -2.15. The predicted molar refractivity (Wildman–Crippen MR) is 67.3 cm³/mol. The Labute approximate surface area is 107 Å². The number of hydrogen-bond donors (Lipinski definition) is 3. The Morgan fingerprint density at radius 1 is 1.44 bits per heavy atom. The molecule has 0 aliphatic heterocycles. The van der Waals surface area contributed by atoms with Crippen LogP contribution in [0.2, 0.25) is 0 Å². The van der Waals surface area contributed by atoms with Crippen molar-refractivity contribution >= 4 is 28.9 Å². The van der Waals surface area contributed by atoms with E-state index in [2.05, 4.69) is 15.3 Å². The van der Waals surface area contributed by atoms with E-state index in [1.807, 2.05) is 0 Å². The van der Waals surface area contributed by atoms with Gasteiger partial charge in [-0.3, -0.25) is 4.79 Å². The van der Waals surface area contributed by atoms with Crippen LogP contribution < -0.4 is 5.32 Å². The van der Waals surface area contributed by atoms with Gasteiger partial charge in [-0.25, -0.2) is 9.78 Å². The van der Waals surface area contributed by atoms with Gasteiger partial charge in [0.05, 0.1) is 16.9 Å². The summed E-state index contributed by atoms with van der Waals surface area (Å²) >= 11 is 1.22. The number of aryl methyl sites for hydroxylation is 2. The van der Waals surface area contributed by atoms with E-state index in [1.54, 1.807) is 19.4 Å². The molecule has 2 rings (SSSR count). The lowest BCUT2D eigenvalue weighted by molar-refractivity contribution is 0.0697. The van der Waals surface area contributed by atoms with Crippen molar-refractivity contribution in [3.05, 3.63) is 33.5 Å². The molecule has 0 fully saturated rings. The van der Waals surface area contributed by atoms with Crippen molar-refractivity contribution in [2.45, 2.75) is 13.8 Å². The highest BCUT2D eigenvalue weighted by Gasteiger charge is 2.19. The van der Waals surface area contributed by atoms with Gasteiger partial charge in [-0.15, -0.1) is 11.3 Å². The molecular formula is C11H11N3O3S. The van der Waals surface area contributed by atoms with Crippen LogP contribution in [0, 0.1) is 13.8 Å². The van der Waals surface area contributed by atoms with Gasteiger partial charge < -0.3 is 15.4 Å². The molecule has 0 radical (unpaired) electrons. The number of thiazole rings is 1. The Balaban J connectivity index is 2.28. The molecule has 0 spiro atoms. The van der Waals surface area contributed by atoms with Gasteiger partial charge in [0.25, 0.3) is 5.91 Å². The molecule has 6 nitrogen and oxygen atoms in total. The number of carboxylic acids is 1. The van der Waals surface area contributed by atoms with Gasteiger partial charge in [0.1, 0.15) is 10.4 Å². The summed E-state index contributed by atoms with van der Waals surface area (Å²) in [5.41, 5.74) is 3.04. The maximum absolute atomic E-state index is 11.9. The summed E-state index contributed by atoms with van der Waals surface area (Å²) in [4.78, 5) is 30.2. The molecule has 0 bridgehead atoms. The molecule has 18 heavy (non-hydrogen) atoms. The summed E-state index contributed by atoms with van der Waals surface area (Å²) in [6.07, 6.45) is 1.47. The standard InChI is InChI=1S/C11H11N3O3S/c1-5-8(11(16)17)7(3-12-5)14-10(15)9-6(2)13-4-18-9/h3-4,12H,1-2H3,(H,14,15)(H,16,17). The smallest absolute Gasteiger partial charge is 0.339 e. The molecular weight excluding hydrogens is 254 g/mol. The monoisotopic (exact) mass is 265 g/mol.